The van der Waals surface area contributed by atoms with Crippen LogP contribution in [0.5, 0.6) is 5.75 Å². The summed E-state index contributed by atoms with van der Waals surface area (Å²) in [6, 6.07) is 7.97. The standard InChI is InChI=1S/C21H29N3O3/c1-4-27-20(25)21(12-17-7-5-8-19(11-17)26-3)9-6-10-24(15-21)14-18-13-22-16(2)23-18/h5,7-8,11,13H,4,6,9-10,12,14-15H2,1-3H3,(H,22,23). The van der Waals surface area contributed by atoms with Gasteiger partial charge in [0.05, 0.1) is 19.1 Å². The molecule has 0 saturated carbocycles. The molecule has 1 aliphatic heterocycles. The molecule has 0 bridgehead atoms. The lowest BCUT2D eigenvalue weighted by atomic mass is 9.75. The summed E-state index contributed by atoms with van der Waals surface area (Å²) in [5.41, 5.74) is 1.64. The van der Waals surface area contributed by atoms with E-state index in [1.165, 1.54) is 0 Å². The van der Waals surface area contributed by atoms with Gasteiger partial charge in [0, 0.05) is 25.0 Å². The highest BCUT2D eigenvalue weighted by Crippen LogP contribution is 2.36. The summed E-state index contributed by atoms with van der Waals surface area (Å²) in [6.07, 6.45) is 4.33. The maximum Gasteiger partial charge on any atom is 0.313 e. The highest BCUT2D eigenvalue weighted by Gasteiger charge is 2.43. The maximum atomic E-state index is 13.0. The Bertz CT molecular complexity index is 774. The number of likely N-dealkylation sites (tertiary alicyclic amines) is 1. The number of methoxy groups -OCH3 is 1. The van der Waals surface area contributed by atoms with Crippen LogP contribution >= 0.6 is 0 Å². The number of hydrogen-bond donors (Lipinski definition) is 1. The Labute approximate surface area is 160 Å². The van der Waals surface area contributed by atoms with Gasteiger partial charge < -0.3 is 14.5 Å². The second-order valence-electron chi connectivity index (χ2n) is 7.34. The summed E-state index contributed by atoms with van der Waals surface area (Å²) < 4.78 is 10.8. The van der Waals surface area contributed by atoms with Crippen molar-refractivity contribution in [2.45, 2.75) is 39.7 Å². The van der Waals surface area contributed by atoms with Gasteiger partial charge in [-0.3, -0.25) is 9.69 Å². The highest BCUT2D eigenvalue weighted by molar-refractivity contribution is 5.78. The van der Waals surface area contributed by atoms with E-state index < -0.39 is 5.41 Å². The fourth-order valence-corrected chi connectivity index (χ4v) is 4.00. The van der Waals surface area contributed by atoms with Gasteiger partial charge in [0.1, 0.15) is 11.6 Å². The van der Waals surface area contributed by atoms with Gasteiger partial charge in [-0.15, -0.1) is 0 Å². The van der Waals surface area contributed by atoms with Crippen LogP contribution < -0.4 is 4.74 Å². The largest absolute Gasteiger partial charge is 0.497 e. The predicted octanol–water partition coefficient (Wildman–Crippen LogP) is 3.11. The number of aromatic amines is 1. The first kappa shape index (κ1) is 19.4. The number of hydrogen-bond acceptors (Lipinski definition) is 5. The molecular weight excluding hydrogens is 342 g/mol. The SMILES string of the molecule is CCOC(=O)C1(Cc2cccc(OC)c2)CCCN(Cc2cnc(C)[nH]2)C1. The predicted molar refractivity (Wildman–Crippen MR) is 104 cm³/mol. The molecule has 0 radical (unpaired) electrons. The number of ether oxygens (including phenoxy) is 2. The molecule has 146 valence electrons. The number of nitrogens with zero attached hydrogens (tertiary/aromatic N) is 2. The van der Waals surface area contributed by atoms with Gasteiger partial charge in [-0.25, -0.2) is 4.98 Å². The third-order valence-electron chi connectivity index (χ3n) is 5.19. The number of aryl methyl sites for hydroxylation is 1. The summed E-state index contributed by atoms with van der Waals surface area (Å²) in [5.74, 6) is 1.63. The minimum Gasteiger partial charge on any atom is -0.497 e. The van der Waals surface area contributed by atoms with Gasteiger partial charge in [-0.2, -0.15) is 0 Å². The average Bonchev–Trinajstić information content (AvgIpc) is 3.07. The van der Waals surface area contributed by atoms with Crippen LogP contribution in [0.3, 0.4) is 0 Å². The molecule has 1 aliphatic rings. The zero-order chi connectivity index (χ0) is 19.3. The van der Waals surface area contributed by atoms with Crippen molar-refractivity contribution in [1.29, 1.82) is 0 Å². The van der Waals surface area contributed by atoms with Crippen molar-refractivity contribution in [3.63, 3.8) is 0 Å². The van der Waals surface area contributed by atoms with E-state index >= 15 is 0 Å². The van der Waals surface area contributed by atoms with Crippen molar-refractivity contribution in [1.82, 2.24) is 14.9 Å². The smallest absolute Gasteiger partial charge is 0.313 e. The number of H-pyrrole nitrogens is 1. The van der Waals surface area contributed by atoms with Gasteiger partial charge in [0.2, 0.25) is 0 Å². The Morgan fingerprint density at radius 2 is 2.26 bits per heavy atom. The van der Waals surface area contributed by atoms with Crippen LogP contribution in [0, 0.1) is 12.3 Å². The Kier molecular flexibility index (Phi) is 6.16. The number of imidazole rings is 1. The molecule has 1 saturated heterocycles. The summed E-state index contributed by atoms with van der Waals surface area (Å²) >= 11 is 0. The van der Waals surface area contributed by atoms with E-state index in [1.54, 1.807) is 7.11 Å². The fourth-order valence-electron chi connectivity index (χ4n) is 4.00. The number of benzene rings is 1. The molecule has 2 aromatic rings. The third kappa shape index (κ3) is 4.69. The molecule has 1 aromatic heterocycles. The van der Waals surface area contributed by atoms with E-state index in [4.69, 9.17) is 9.47 Å². The molecule has 0 amide bonds. The fraction of sp³-hybridized carbons (Fsp3) is 0.524. The molecule has 1 fully saturated rings. The Morgan fingerprint density at radius 1 is 1.41 bits per heavy atom. The lowest BCUT2D eigenvalue weighted by Gasteiger charge is -2.41. The molecule has 3 rings (SSSR count). The van der Waals surface area contributed by atoms with Gasteiger partial charge >= 0.3 is 5.97 Å². The minimum absolute atomic E-state index is 0.0988. The van der Waals surface area contributed by atoms with Crippen molar-refractivity contribution < 1.29 is 14.3 Å². The zero-order valence-corrected chi connectivity index (χ0v) is 16.5. The van der Waals surface area contributed by atoms with E-state index in [9.17, 15) is 4.79 Å². The first-order valence-electron chi connectivity index (χ1n) is 9.57. The van der Waals surface area contributed by atoms with Crippen LogP contribution in [0.2, 0.25) is 0 Å². The molecule has 1 aromatic carbocycles. The van der Waals surface area contributed by atoms with Crippen molar-refractivity contribution in [3.05, 3.63) is 47.5 Å². The maximum absolute atomic E-state index is 13.0. The zero-order valence-electron chi connectivity index (χ0n) is 16.5. The van der Waals surface area contributed by atoms with Crippen LogP contribution in [0.25, 0.3) is 0 Å². The third-order valence-corrected chi connectivity index (χ3v) is 5.19. The van der Waals surface area contributed by atoms with E-state index in [1.807, 2.05) is 38.2 Å². The number of aromatic nitrogens is 2. The molecule has 1 N–H and O–H groups in total. The summed E-state index contributed by atoms with van der Waals surface area (Å²) in [7, 11) is 1.66. The van der Waals surface area contributed by atoms with Gasteiger partial charge in [-0.05, 0) is 57.4 Å². The monoisotopic (exact) mass is 371 g/mol. The van der Waals surface area contributed by atoms with Crippen LogP contribution in [0.4, 0.5) is 0 Å². The van der Waals surface area contributed by atoms with E-state index in [0.717, 1.165) is 48.8 Å². The van der Waals surface area contributed by atoms with E-state index in [2.05, 4.69) is 20.9 Å². The van der Waals surface area contributed by atoms with Crippen molar-refractivity contribution in [2.24, 2.45) is 5.41 Å². The minimum atomic E-state index is -0.532. The average molecular weight is 371 g/mol. The number of piperidine rings is 1. The summed E-state index contributed by atoms with van der Waals surface area (Å²) in [4.78, 5) is 22.9. The first-order valence-corrected chi connectivity index (χ1v) is 9.57. The molecule has 1 unspecified atom stereocenters. The molecule has 1 atom stereocenters. The Balaban J connectivity index is 1.81. The van der Waals surface area contributed by atoms with Crippen LogP contribution in [-0.2, 0) is 22.5 Å². The molecule has 0 aliphatic carbocycles. The first-order chi connectivity index (χ1) is 13.0. The van der Waals surface area contributed by atoms with Crippen molar-refractivity contribution in [3.8, 4) is 5.75 Å². The number of rotatable bonds is 7. The van der Waals surface area contributed by atoms with Gasteiger partial charge in [-0.1, -0.05) is 12.1 Å². The highest BCUT2D eigenvalue weighted by atomic mass is 16.5. The number of esters is 1. The lowest BCUT2D eigenvalue weighted by molar-refractivity contribution is -0.159. The number of carbonyl (C=O) groups excluding carboxylic acids is 1. The molecule has 6 nitrogen and oxygen atoms in total. The van der Waals surface area contributed by atoms with Crippen molar-refractivity contribution in [2.75, 3.05) is 26.8 Å². The Hall–Kier alpha value is -2.34. The molecule has 6 heteroatoms. The Morgan fingerprint density at radius 3 is 2.96 bits per heavy atom. The van der Waals surface area contributed by atoms with Crippen LogP contribution in [0.1, 0.15) is 36.8 Å². The number of nitrogens with one attached hydrogen (secondary N) is 1. The summed E-state index contributed by atoms with van der Waals surface area (Å²) in [6.45, 7) is 6.63. The quantitative estimate of drug-likeness (QED) is 0.758. The molecule has 27 heavy (non-hydrogen) atoms. The van der Waals surface area contributed by atoms with Crippen LogP contribution in [0.15, 0.2) is 30.5 Å². The van der Waals surface area contributed by atoms with Gasteiger partial charge in [0.25, 0.3) is 0 Å². The van der Waals surface area contributed by atoms with E-state index in [-0.39, 0.29) is 5.97 Å². The topological polar surface area (TPSA) is 67.5 Å². The second-order valence-corrected chi connectivity index (χ2v) is 7.34. The number of carbonyl (C=O) groups is 1. The molecular formula is C21H29N3O3. The van der Waals surface area contributed by atoms with E-state index in [0.29, 0.717) is 19.6 Å². The van der Waals surface area contributed by atoms with Crippen LogP contribution in [-0.4, -0.2) is 47.6 Å². The van der Waals surface area contributed by atoms with Crippen molar-refractivity contribution >= 4 is 5.97 Å². The molecule has 0 spiro atoms. The van der Waals surface area contributed by atoms with Gasteiger partial charge in [0.15, 0.2) is 0 Å². The normalized spacial score (nSPS) is 20.4. The lowest BCUT2D eigenvalue weighted by Crippen LogP contribution is -2.49. The summed E-state index contributed by atoms with van der Waals surface area (Å²) in [5, 5.41) is 0. The second kappa shape index (κ2) is 8.57. The molecule has 2 heterocycles.